The number of nitrogen functional groups attached to an aromatic ring is 1. The highest BCUT2D eigenvalue weighted by Crippen LogP contribution is 2.27. The first-order valence-corrected chi connectivity index (χ1v) is 4.46. The third-order valence-corrected chi connectivity index (χ3v) is 2.15. The average molecular weight is 244 g/mol. The van der Waals surface area contributed by atoms with Crippen LogP contribution in [0.3, 0.4) is 0 Å². The number of nitrogens with two attached hydrogens (primary N) is 2. The van der Waals surface area contributed by atoms with E-state index < -0.39 is 5.91 Å². The number of carbonyl (C=O) groups is 1. The number of carbonyl (C=O) groups excluding carboxylic acids is 1. The van der Waals surface area contributed by atoms with Crippen LogP contribution in [0.25, 0.3) is 0 Å². The summed E-state index contributed by atoms with van der Waals surface area (Å²) in [6.45, 7) is 0.0762. The molecule has 0 aliphatic heterocycles. The summed E-state index contributed by atoms with van der Waals surface area (Å²) in [5.74, 6) is -0.421. The Morgan fingerprint density at radius 1 is 1.54 bits per heavy atom. The number of primary amides is 1. The summed E-state index contributed by atoms with van der Waals surface area (Å²) in [6.07, 6.45) is 0. The zero-order chi connectivity index (χ0) is 9.84. The number of halogens is 1. The average Bonchev–Trinajstić information content (AvgIpc) is 2.03. The van der Waals surface area contributed by atoms with Crippen molar-refractivity contribution in [3.05, 3.63) is 22.7 Å². The molecule has 0 aliphatic carbocycles. The highest BCUT2D eigenvalue weighted by Gasteiger charge is 2.03. The van der Waals surface area contributed by atoms with Crippen LogP contribution in [0, 0.1) is 0 Å². The minimum atomic E-state index is -0.421. The van der Waals surface area contributed by atoms with Gasteiger partial charge < -0.3 is 16.8 Å². The molecule has 0 bridgehead atoms. The Morgan fingerprint density at radius 2 is 2.23 bits per heavy atom. The number of hydrogen-bond acceptors (Lipinski definition) is 3. The van der Waals surface area contributed by atoms with Crippen LogP contribution in [-0.2, 0) is 4.79 Å². The second-order valence-electron chi connectivity index (χ2n) is 2.52. The van der Waals surface area contributed by atoms with Crippen molar-refractivity contribution in [2.75, 3.05) is 17.6 Å². The van der Waals surface area contributed by atoms with Crippen LogP contribution < -0.4 is 16.8 Å². The van der Waals surface area contributed by atoms with E-state index >= 15 is 0 Å². The van der Waals surface area contributed by atoms with Crippen molar-refractivity contribution in [3.63, 3.8) is 0 Å². The largest absolute Gasteiger partial charge is 0.397 e. The van der Waals surface area contributed by atoms with E-state index in [9.17, 15) is 4.79 Å². The minimum absolute atomic E-state index is 0.0762. The van der Waals surface area contributed by atoms with Crippen molar-refractivity contribution in [1.82, 2.24) is 0 Å². The van der Waals surface area contributed by atoms with Gasteiger partial charge in [0.25, 0.3) is 0 Å². The molecule has 0 fully saturated rings. The third kappa shape index (κ3) is 2.62. The molecule has 0 aromatic heterocycles. The van der Waals surface area contributed by atoms with Gasteiger partial charge in [0.1, 0.15) is 0 Å². The number of anilines is 2. The predicted octanol–water partition coefficient (Wildman–Crippen LogP) is 0.928. The fraction of sp³-hybridized carbons (Fsp3) is 0.125. The van der Waals surface area contributed by atoms with Crippen molar-refractivity contribution in [1.29, 1.82) is 0 Å². The second kappa shape index (κ2) is 4.13. The summed E-state index contributed by atoms with van der Waals surface area (Å²) in [6, 6.07) is 5.39. The normalized spacial score (nSPS) is 9.62. The summed E-state index contributed by atoms with van der Waals surface area (Å²) < 4.78 is 0.814. The predicted molar refractivity (Wildman–Crippen MR) is 56.2 cm³/mol. The van der Waals surface area contributed by atoms with Crippen LogP contribution in [-0.4, -0.2) is 12.5 Å². The van der Waals surface area contributed by atoms with E-state index in [2.05, 4.69) is 21.2 Å². The molecule has 0 saturated heterocycles. The molecule has 1 aromatic rings. The summed E-state index contributed by atoms with van der Waals surface area (Å²) in [4.78, 5) is 10.5. The lowest BCUT2D eigenvalue weighted by Crippen LogP contribution is -2.22. The third-order valence-electron chi connectivity index (χ3n) is 1.49. The maximum absolute atomic E-state index is 10.5. The zero-order valence-electron chi connectivity index (χ0n) is 6.88. The first-order chi connectivity index (χ1) is 6.11. The molecule has 1 aromatic carbocycles. The molecule has 0 radical (unpaired) electrons. The van der Waals surface area contributed by atoms with Crippen molar-refractivity contribution in [2.24, 2.45) is 5.73 Å². The fourth-order valence-electron chi connectivity index (χ4n) is 0.903. The van der Waals surface area contributed by atoms with Crippen LogP contribution in [0.15, 0.2) is 22.7 Å². The molecule has 0 atom stereocenters. The van der Waals surface area contributed by atoms with Gasteiger partial charge in [0.2, 0.25) is 5.91 Å². The Balaban J connectivity index is 2.81. The van der Waals surface area contributed by atoms with Gasteiger partial charge in [-0.25, -0.2) is 0 Å². The lowest BCUT2D eigenvalue weighted by atomic mass is 10.2. The lowest BCUT2D eigenvalue weighted by molar-refractivity contribution is -0.116. The van der Waals surface area contributed by atoms with Gasteiger partial charge in [0, 0.05) is 4.47 Å². The SMILES string of the molecule is NC(=O)CNc1c(N)cccc1Br. The second-order valence-corrected chi connectivity index (χ2v) is 3.38. The van der Waals surface area contributed by atoms with Crippen molar-refractivity contribution in [3.8, 4) is 0 Å². The van der Waals surface area contributed by atoms with E-state index in [1.54, 1.807) is 6.07 Å². The monoisotopic (exact) mass is 243 g/mol. The molecule has 0 saturated carbocycles. The molecule has 4 nitrogen and oxygen atoms in total. The van der Waals surface area contributed by atoms with Crippen LogP contribution in [0.1, 0.15) is 0 Å². The highest BCUT2D eigenvalue weighted by molar-refractivity contribution is 9.10. The number of rotatable bonds is 3. The van der Waals surface area contributed by atoms with Crippen LogP contribution in [0.4, 0.5) is 11.4 Å². The molecule has 0 heterocycles. The van der Waals surface area contributed by atoms with E-state index in [1.807, 2.05) is 12.1 Å². The van der Waals surface area contributed by atoms with Crippen LogP contribution >= 0.6 is 15.9 Å². The first kappa shape index (κ1) is 9.85. The van der Waals surface area contributed by atoms with E-state index in [-0.39, 0.29) is 6.54 Å². The summed E-state index contributed by atoms with van der Waals surface area (Å²) >= 11 is 3.30. The van der Waals surface area contributed by atoms with Gasteiger partial charge in [0.05, 0.1) is 17.9 Å². The van der Waals surface area contributed by atoms with E-state index in [0.29, 0.717) is 11.4 Å². The Morgan fingerprint density at radius 3 is 2.77 bits per heavy atom. The van der Waals surface area contributed by atoms with Gasteiger partial charge in [-0.3, -0.25) is 4.79 Å². The molecule has 5 heteroatoms. The van der Waals surface area contributed by atoms with Gasteiger partial charge in [-0.1, -0.05) is 6.07 Å². The maximum atomic E-state index is 10.5. The molecule has 0 aliphatic rings. The van der Waals surface area contributed by atoms with Crippen LogP contribution in [0.2, 0.25) is 0 Å². The van der Waals surface area contributed by atoms with E-state index in [4.69, 9.17) is 11.5 Å². The molecule has 1 rings (SSSR count). The van der Waals surface area contributed by atoms with Crippen molar-refractivity contribution >= 4 is 33.2 Å². The molecule has 13 heavy (non-hydrogen) atoms. The Labute approximate surface area is 84.4 Å². The van der Waals surface area contributed by atoms with Gasteiger partial charge in [-0.2, -0.15) is 0 Å². The molecule has 0 unspecified atom stereocenters. The Kier molecular flexibility index (Phi) is 3.13. The van der Waals surface area contributed by atoms with Crippen LogP contribution in [0.5, 0.6) is 0 Å². The lowest BCUT2D eigenvalue weighted by Gasteiger charge is -2.08. The number of hydrogen-bond donors (Lipinski definition) is 3. The molecule has 70 valence electrons. The molecular formula is C8H10BrN3O. The Hall–Kier alpha value is -1.23. The minimum Gasteiger partial charge on any atom is -0.397 e. The topological polar surface area (TPSA) is 81.1 Å². The zero-order valence-corrected chi connectivity index (χ0v) is 8.47. The first-order valence-electron chi connectivity index (χ1n) is 3.67. The maximum Gasteiger partial charge on any atom is 0.236 e. The van der Waals surface area contributed by atoms with Gasteiger partial charge >= 0.3 is 0 Å². The number of para-hydroxylation sites is 1. The number of nitrogens with one attached hydrogen (secondary N) is 1. The number of benzene rings is 1. The summed E-state index contributed by atoms with van der Waals surface area (Å²) in [7, 11) is 0. The van der Waals surface area contributed by atoms with Crippen molar-refractivity contribution in [2.45, 2.75) is 0 Å². The quantitative estimate of drug-likeness (QED) is 0.692. The van der Waals surface area contributed by atoms with Gasteiger partial charge in [-0.05, 0) is 28.1 Å². The molecule has 1 amide bonds. The smallest absolute Gasteiger partial charge is 0.236 e. The standard InChI is InChI=1S/C8H10BrN3O/c9-5-2-1-3-6(10)8(5)12-4-7(11)13/h1-3,12H,4,10H2,(H2,11,13). The Bertz CT molecular complexity index is 307. The summed E-state index contributed by atoms with van der Waals surface area (Å²) in [5.41, 5.74) is 11.9. The number of amides is 1. The molecular weight excluding hydrogens is 234 g/mol. The molecule has 5 N–H and O–H groups in total. The van der Waals surface area contributed by atoms with E-state index in [1.165, 1.54) is 0 Å². The highest BCUT2D eigenvalue weighted by atomic mass is 79.9. The van der Waals surface area contributed by atoms with Crippen molar-refractivity contribution < 1.29 is 4.79 Å². The van der Waals surface area contributed by atoms with Gasteiger partial charge in [0.15, 0.2) is 0 Å². The van der Waals surface area contributed by atoms with Gasteiger partial charge in [-0.15, -0.1) is 0 Å². The summed E-state index contributed by atoms with van der Waals surface area (Å²) in [5, 5.41) is 2.83. The van der Waals surface area contributed by atoms with E-state index in [0.717, 1.165) is 4.47 Å². The molecule has 0 spiro atoms. The fourth-order valence-corrected chi connectivity index (χ4v) is 1.42.